The molecule has 126 valence electrons. The van der Waals surface area contributed by atoms with Gasteiger partial charge in [0.1, 0.15) is 18.4 Å². The molecule has 1 N–H and O–H groups in total. The lowest BCUT2D eigenvalue weighted by molar-refractivity contribution is 0.0930. The third kappa shape index (κ3) is 4.25. The summed E-state index contributed by atoms with van der Waals surface area (Å²) in [6.07, 6.45) is 1.63. The third-order valence-corrected chi connectivity index (χ3v) is 3.74. The lowest BCUT2D eigenvalue weighted by Crippen LogP contribution is -2.00. The molecular weight excluding hydrogens is 314 g/mol. The first kappa shape index (κ1) is 16.7. The second-order valence-corrected chi connectivity index (χ2v) is 5.78. The molecule has 0 bridgehead atoms. The van der Waals surface area contributed by atoms with Crippen molar-refractivity contribution in [3.05, 3.63) is 77.0 Å². The lowest BCUT2D eigenvalue weighted by atomic mass is 10.1. The molecule has 5 heteroatoms. The minimum absolute atomic E-state index is 0.436. The molecule has 0 fully saturated rings. The summed E-state index contributed by atoms with van der Waals surface area (Å²) in [7, 11) is 0. The van der Waals surface area contributed by atoms with Crippen molar-refractivity contribution in [2.24, 2.45) is 0 Å². The van der Waals surface area contributed by atoms with E-state index >= 15 is 0 Å². The third-order valence-electron chi connectivity index (χ3n) is 3.74. The van der Waals surface area contributed by atoms with Crippen LogP contribution in [0.3, 0.4) is 0 Å². The molecule has 0 radical (unpaired) electrons. The van der Waals surface area contributed by atoms with Gasteiger partial charge in [0, 0.05) is 11.4 Å². The maximum Gasteiger partial charge on any atom is 0.129 e. The second-order valence-electron chi connectivity index (χ2n) is 5.78. The van der Waals surface area contributed by atoms with Gasteiger partial charge >= 0.3 is 0 Å². The Labute approximate surface area is 146 Å². The Bertz CT molecular complexity index is 896. The topological polar surface area (TPSA) is 71.1 Å². The van der Waals surface area contributed by atoms with E-state index in [-0.39, 0.29) is 0 Å². The molecule has 25 heavy (non-hydrogen) atoms. The van der Waals surface area contributed by atoms with Crippen LogP contribution in [0.2, 0.25) is 0 Å². The number of hydrogen-bond acceptors (Lipinski definition) is 5. The number of nitrogens with zero attached hydrogens (tertiary/aromatic N) is 2. The van der Waals surface area contributed by atoms with Gasteiger partial charge in [0.05, 0.1) is 29.8 Å². The van der Waals surface area contributed by atoms with E-state index in [0.29, 0.717) is 18.8 Å². The number of aromatic nitrogens is 1. The van der Waals surface area contributed by atoms with Crippen LogP contribution in [0.25, 0.3) is 0 Å². The number of furan rings is 1. The fourth-order valence-electron chi connectivity index (χ4n) is 2.63. The van der Waals surface area contributed by atoms with Gasteiger partial charge < -0.3 is 14.5 Å². The fourth-order valence-corrected chi connectivity index (χ4v) is 2.63. The summed E-state index contributed by atoms with van der Waals surface area (Å²) < 4.78 is 10.9. The smallest absolute Gasteiger partial charge is 0.129 e. The summed E-state index contributed by atoms with van der Waals surface area (Å²) in [5.41, 5.74) is 4.87. The van der Waals surface area contributed by atoms with E-state index < -0.39 is 0 Å². The molecule has 0 aliphatic carbocycles. The van der Waals surface area contributed by atoms with Gasteiger partial charge in [0.2, 0.25) is 0 Å². The standard InChI is InChI=1S/C20H19N3O2/c1-14-9-20(19(11-21)15(2)22-14)23-17-6-3-5-16(10-17)12-24-13-18-7-4-8-25-18/h3-10H,12-13H2,1-2H3,(H,22,23). The number of nitrogens with one attached hydrogen (secondary N) is 1. The van der Waals surface area contributed by atoms with E-state index in [4.69, 9.17) is 9.15 Å². The van der Waals surface area contributed by atoms with Crippen LogP contribution in [-0.2, 0) is 18.0 Å². The predicted octanol–water partition coefficient (Wildman–Crippen LogP) is 4.62. The van der Waals surface area contributed by atoms with Gasteiger partial charge in [-0.1, -0.05) is 12.1 Å². The van der Waals surface area contributed by atoms with E-state index in [1.165, 1.54) is 0 Å². The van der Waals surface area contributed by atoms with Gasteiger partial charge in [0.15, 0.2) is 0 Å². The maximum absolute atomic E-state index is 9.37. The Kier molecular flexibility index (Phi) is 5.12. The minimum Gasteiger partial charge on any atom is -0.467 e. The summed E-state index contributed by atoms with van der Waals surface area (Å²) in [5.74, 6) is 0.802. The highest BCUT2D eigenvalue weighted by atomic mass is 16.5. The fraction of sp³-hybridized carbons (Fsp3) is 0.200. The molecule has 0 saturated heterocycles. The predicted molar refractivity (Wildman–Crippen MR) is 95.4 cm³/mol. The summed E-state index contributed by atoms with van der Waals surface area (Å²) in [6.45, 7) is 4.68. The summed E-state index contributed by atoms with van der Waals surface area (Å²) >= 11 is 0. The Morgan fingerprint density at radius 3 is 2.80 bits per heavy atom. The van der Waals surface area contributed by atoms with Crippen LogP contribution < -0.4 is 5.32 Å². The van der Waals surface area contributed by atoms with Crippen molar-refractivity contribution < 1.29 is 9.15 Å². The van der Waals surface area contributed by atoms with Crippen molar-refractivity contribution in [2.45, 2.75) is 27.1 Å². The van der Waals surface area contributed by atoms with Crippen molar-refractivity contribution in [3.8, 4) is 6.07 Å². The SMILES string of the molecule is Cc1cc(Nc2cccc(COCc3ccco3)c2)c(C#N)c(C)n1. The monoisotopic (exact) mass is 333 g/mol. The Hall–Kier alpha value is -3.10. The molecule has 0 amide bonds. The van der Waals surface area contributed by atoms with E-state index in [1.807, 2.05) is 56.3 Å². The van der Waals surface area contributed by atoms with Gasteiger partial charge in [-0.15, -0.1) is 0 Å². The molecule has 3 rings (SSSR count). The zero-order valence-corrected chi connectivity index (χ0v) is 14.2. The number of aryl methyl sites for hydroxylation is 2. The van der Waals surface area contributed by atoms with E-state index in [0.717, 1.165) is 34.1 Å². The quantitative estimate of drug-likeness (QED) is 0.712. The zero-order chi connectivity index (χ0) is 17.6. The average Bonchev–Trinajstić information content (AvgIpc) is 3.08. The molecule has 0 aliphatic heterocycles. The Morgan fingerprint density at radius 1 is 1.16 bits per heavy atom. The number of pyridine rings is 1. The van der Waals surface area contributed by atoms with Gasteiger partial charge in [0.25, 0.3) is 0 Å². The molecule has 0 saturated carbocycles. The molecule has 2 heterocycles. The molecule has 0 aliphatic rings. The summed E-state index contributed by atoms with van der Waals surface area (Å²) in [4.78, 5) is 4.34. The number of rotatable bonds is 6. The van der Waals surface area contributed by atoms with E-state index in [1.54, 1.807) is 6.26 Å². The molecule has 3 aromatic rings. The molecule has 2 aromatic heterocycles. The van der Waals surface area contributed by atoms with Crippen molar-refractivity contribution >= 4 is 11.4 Å². The highest BCUT2D eigenvalue weighted by molar-refractivity contribution is 5.68. The Balaban J connectivity index is 1.71. The molecule has 0 atom stereocenters. The van der Waals surface area contributed by atoms with Crippen LogP contribution in [0.4, 0.5) is 11.4 Å². The maximum atomic E-state index is 9.37. The molecule has 0 unspecified atom stereocenters. The van der Waals surface area contributed by atoms with Crippen LogP contribution in [0.15, 0.2) is 53.1 Å². The highest BCUT2D eigenvalue weighted by Gasteiger charge is 2.08. The van der Waals surface area contributed by atoms with Crippen molar-refractivity contribution in [1.29, 1.82) is 5.26 Å². The first-order chi connectivity index (χ1) is 12.2. The van der Waals surface area contributed by atoms with Crippen LogP contribution in [-0.4, -0.2) is 4.98 Å². The first-order valence-corrected chi connectivity index (χ1v) is 8.00. The molecule has 0 spiro atoms. The number of ether oxygens (including phenoxy) is 1. The normalized spacial score (nSPS) is 10.4. The first-order valence-electron chi connectivity index (χ1n) is 8.00. The van der Waals surface area contributed by atoms with Gasteiger partial charge in [-0.05, 0) is 49.7 Å². The molecular formula is C20H19N3O2. The highest BCUT2D eigenvalue weighted by Crippen LogP contribution is 2.24. The number of benzene rings is 1. The Morgan fingerprint density at radius 2 is 2.04 bits per heavy atom. The van der Waals surface area contributed by atoms with E-state index in [2.05, 4.69) is 16.4 Å². The number of hydrogen-bond donors (Lipinski definition) is 1. The van der Waals surface area contributed by atoms with Crippen LogP contribution in [0, 0.1) is 25.2 Å². The zero-order valence-electron chi connectivity index (χ0n) is 14.2. The average molecular weight is 333 g/mol. The minimum atomic E-state index is 0.436. The van der Waals surface area contributed by atoms with Crippen LogP contribution in [0.5, 0.6) is 0 Å². The summed E-state index contributed by atoms with van der Waals surface area (Å²) in [5, 5.41) is 12.7. The van der Waals surface area contributed by atoms with Gasteiger partial charge in [-0.3, -0.25) is 4.98 Å². The molecule has 1 aromatic carbocycles. The van der Waals surface area contributed by atoms with Gasteiger partial charge in [-0.2, -0.15) is 5.26 Å². The lowest BCUT2D eigenvalue weighted by Gasteiger charge is -2.12. The van der Waals surface area contributed by atoms with Crippen LogP contribution >= 0.6 is 0 Å². The van der Waals surface area contributed by atoms with Gasteiger partial charge in [-0.25, -0.2) is 0 Å². The van der Waals surface area contributed by atoms with Crippen molar-refractivity contribution in [3.63, 3.8) is 0 Å². The number of nitriles is 1. The van der Waals surface area contributed by atoms with E-state index in [9.17, 15) is 5.26 Å². The van der Waals surface area contributed by atoms with Crippen molar-refractivity contribution in [2.75, 3.05) is 5.32 Å². The molecule has 5 nitrogen and oxygen atoms in total. The summed E-state index contributed by atoms with van der Waals surface area (Å²) in [6, 6.07) is 15.8. The van der Waals surface area contributed by atoms with Crippen molar-refractivity contribution in [1.82, 2.24) is 4.98 Å². The second kappa shape index (κ2) is 7.65. The van der Waals surface area contributed by atoms with Crippen LogP contribution in [0.1, 0.15) is 28.3 Å². The number of anilines is 2. The largest absolute Gasteiger partial charge is 0.467 e.